The van der Waals surface area contributed by atoms with Crippen molar-refractivity contribution in [1.29, 1.82) is 0 Å². The van der Waals surface area contributed by atoms with Crippen LogP contribution in [0.2, 0.25) is 0 Å². The lowest BCUT2D eigenvalue weighted by Crippen LogP contribution is -2.49. The first kappa shape index (κ1) is 14.1. The summed E-state index contributed by atoms with van der Waals surface area (Å²) in [6, 6.07) is 2.96. The Kier molecular flexibility index (Phi) is 4.76. The Bertz CT molecular complexity index is 404. The molecule has 1 aromatic heterocycles. The molecule has 1 saturated carbocycles. The third-order valence-corrected chi connectivity index (χ3v) is 4.82. The Morgan fingerprint density at radius 1 is 1.20 bits per heavy atom. The molecule has 0 aromatic carbocycles. The van der Waals surface area contributed by atoms with Crippen molar-refractivity contribution >= 4 is 0 Å². The van der Waals surface area contributed by atoms with Gasteiger partial charge in [0.1, 0.15) is 5.76 Å². The zero-order valence-corrected chi connectivity index (χ0v) is 12.6. The number of nitrogens with one attached hydrogen (secondary N) is 1. The van der Waals surface area contributed by atoms with Gasteiger partial charge in [-0.15, -0.1) is 0 Å². The maximum absolute atomic E-state index is 5.65. The van der Waals surface area contributed by atoms with Crippen molar-refractivity contribution in [2.45, 2.75) is 44.8 Å². The number of hydrogen-bond donors (Lipinski definition) is 1. The maximum Gasteiger partial charge on any atom is 0.122 e. The largest absolute Gasteiger partial charge is 0.468 e. The third-order valence-electron chi connectivity index (χ3n) is 4.82. The fourth-order valence-electron chi connectivity index (χ4n) is 3.61. The van der Waals surface area contributed by atoms with Crippen molar-refractivity contribution in [2.24, 2.45) is 0 Å². The first-order chi connectivity index (χ1) is 9.86. The number of furan rings is 1. The van der Waals surface area contributed by atoms with Crippen LogP contribution in [0.25, 0.3) is 0 Å². The molecule has 0 bridgehead atoms. The molecule has 4 nitrogen and oxygen atoms in total. The molecule has 3 rings (SSSR count). The Balaban J connectivity index is 1.49. The lowest BCUT2D eigenvalue weighted by atomic mass is 10.1. The van der Waals surface area contributed by atoms with Gasteiger partial charge in [0, 0.05) is 44.3 Å². The van der Waals surface area contributed by atoms with E-state index in [0.717, 1.165) is 24.9 Å². The Labute approximate surface area is 122 Å². The lowest BCUT2D eigenvalue weighted by Gasteiger charge is -2.37. The average molecular weight is 277 g/mol. The van der Waals surface area contributed by atoms with E-state index in [1.807, 2.05) is 13.3 Å². The molecule has 0 radical (unpaired) electrons. The van der Waals surface area contributed by atoms with Gasteiger partial charge in [-0.05, 0) is 26.0 Å². The van der Waals surface area contributed by atoms with Gasteiger partial charge in [0.2, 0.25) is 0 Å². The molecule has 0 atom stereocenters. The number of rotatable bonds is 5. The zero-order chi connectivity index (χ0) is 13.8. The minimum Gasteiger partial charge on any atom is -0.468 e. The highest BCUT2D eigenvalue weighted by Crippen LogP contribution is 2.24. The molecule has 1 saturated heterocycles. The van der Waals surface area contributed by atoms with Crippen molar-refractivity contribution in [3.8, 4) is 0 Å². The first-order valence-corrected chi connectivity index (χ1v) is 8.03. The van der Waals surface area contributed by atoms with Crippen LogP contribution in [0.4, 0.5) is 0 Å². The molecule has 20 heavy (non-hydrogen) atoms. The summed E-state index contributed by atoms with van der Waals surface area (Å²) in [6.07, 6.45) is 7.53. The first-order valence-electron chi connectivity index (χ1n) is 8.03. The number of nitrogens with zero attached hydrogens (tertiary/aromatic N) is 2. The summed E-state index contributed by atoms with van der Waals surface area (Å²) in [6.45, 7) is 6.67. The fraction of sp³-hybridized carbons (Fsp3) is 0.750. The van der Waals surface area contributed by atoms with E-state index in [1.165, 1.54) is 57.4 Å². The van der Waals surface area contributed by atoms with Gasteiger partial charge in [0.05, 0.1) is 12.8 Å². The second-order valence-electron chi connectivity index (χ2n) is 6.15. The Hall–Kier alpha value is -0.840. The summed E-state index contributed by atoms with van der Waals surface area (Å²) in [5.41, 5.74) is 1.30. The summed E-state index contributed by atoms with van der Waals surface area (Å²) in [4.78, 5) is 5.24. The predicted octanol–water partition coefficient (Wildman–Crippen LogP) is 2.06. The van der Waals surface area contributed by atoms with Crippen LogP contribution in [-0.4, -0.2) is 49.1 Å². The van der Waals surface area contributed by atoms with Gasteiger partial charge >= 0.3 is 0 Å². The van der Waals surface area contributed by atoms with Crippen molar-refractivity contribution in [1.82, 2.24) is 15.1 Å². The molecule has 1 aromatic rings. The highest BCUT2D eigenvalue weighted by atomic mass is 16.3. The number of hydrogen-bond acceptors (Lipinski definition) is 4. The van der Waals surface area contributed by atoms with Crippen LogP contribution < -0.4 is 5.32 Å². The smallest absolute Gasteiger partial charge is 0.122 e. The molecule has 2 fully saturated rings. The minimum atomic E-state index is 0.876. The summed E-state index contributed by atoms with van der Waals surface area (Å²) in [7, 11) is 1.98. The third kappa shape index (κ3) is 3.25. The summed E-state index contributed by atoms with van der Waals surface area (Å²) in [5, 5.41) is 3.21. The fourth-order valence-corrected chi connectivity index (χ4v) is 3.61. The molecule has 112 valence electrons. The highest BCUT2D eigenvalue weighted by Gasteiger charge is 2.26. The van der Waals surface area contributed by atoms with Crippen LogP contribution in [0, 0.1) is 0 Å². The van der Waals surface area contributed by atoms with Gasteiger partial charge in [0.15, 0.2) is 0 Å². The van der Waals surface area contributed by atoms with Crippen LogP contribution in [0.15, 0.2) is 16.7 Å². The van der Waals surface area contributed by atoms with Gasteiger partial charge < -0.3 is 9.73 Å². The van der Waals surface area contributed by atoms with Crippen molar-refractivity contribution in [3.63, 3.8) is 0 Å². The van der Waals surface area contributed by atoms with Crippen LogP contribution >= 0.6 is 0 Å². The van der Waals surface area contributed by atoms with E-state index in [-0.39, 0.29) is 0 Å². The summed E-state index contributed by atoms with van der Waals surface area (Å²) >= 11 is 0. The van der Waals surface area contributed by atoms with Crippen LogP contribution in [0.5, 0.6) is 0 Å². The van der Waals surface area contributed by atoms with E-state index in [9.17, 15) is 0 Å². The molecule has 0 spiro atoms. The van der Waals surface area contributed by atoms with E-state index in [0.29, 0.717) is 0 Å². The molecule has 1 aliphatic heterocycles. The SMILES string of the molecule is CNCc1ccoc1CN1CCN(C2CCCC2)CC1. The predicted molar refractivity (Wildman–Crippen MR) is 80.6 cm³/mol. The van der Waals surface area contributed by atoms with E-state index >= 15 is 0 Å². The molecular weight excluding hydrogens is 250 g/mol. The Morgan fingerprint density at radius 3 is 2.65 bits per heavy atom. The van der Waals surface area contributed by atoms with E-state index in [1.54, 1.807) is 0 Å². The topological polar surface area (TPSA) is 31.7 Å². The molecular formula is C16H27N3O. The van der Waals surface area contributed by atoms with Gasteiger partial charge in [-0.25, -0.2) is 0 Å². The maximum atomic E-state index is 5.65. The standard InChI is InChI=1S/C16H27N3O/c1-17-12-14-6-11-20-16(14)13-18-7-9-19(10-8-18)15-4-2-3-5-15/h6,11,15,17H,2-5,7-10,12-13H2,1H3. The van der Waals surface area contributed by atoms with Gasteiger partial charge in [-0.1, -0.05) is 12.8 Å². The van der Waals surface area contributed by atoms with Gasteiger partial charge in [0.25, 0.3) is 0 Å². The highest BCUT2D eigenvalue weighted by molar-refractivity contribution is 5.16. The van der Waals surface area contributed by atoms with Crippen molar-refractivity contribution < 1.29 is 4.42 Å². The second kappa shape index (κ2) is 6.74. The van der Waals surface area contributed by atoms with Crippen molar-refractivity contribution in [2.75, 3.05) is 33.2 Å². The molecule has 0 amide bonds. The van der Waals surface area contributed by atoms with Crippen LogP contribution in [0.1, 0.15) is 37.0 Å². The van der Waals surface area contributed by atoms with Crippen LogP contribution in [0.3, 0.4) is 0 Å². The second-order valence-corrected chi connectivity index (χ2v) is 6.15. The van der Waals surface area contributed by atoms with E-state index in [4.69, 9.17) is 4.42 Å². The van der Waals surface area contributed by atoms with E-state index < -0.39 is 0 Å². The molecule has 2 heterocycles. The molecule has 2 aliphatic rings. The van der Waals surface area contributed by atoms with Crippen LogP contribution in [-0.2, 0) is 13.1 Å². The monoisotopic (exact) mass is 277 g/mol. The summed E-state index contributed by atoms with van der Waals surface area (Å²) in [5.74, 6) is 1.13. The molecule has 1 aliphatic carbocycles. The molecule has 4 heteroatoms. The Morgan fingerprint density at radius 2 is 1.95 bits per heavy atom. The average Bonchev–Trinajstić information content (AvgIpc) is 3.13. The van der Waals surface area contributed by atoms with E-state index in [2.05, 4.69) is 21.2 Å². The molecule has 0 unspecified atom stereocenters. The quantitative estimate of drug-likeness (QED) is 0.893. The zero-order valence-electron chi connectivity index (χ0n) is 12.6. The normalized spacial score (nSPS) is 22.6. The van der Waals surface area contributed by atoms with Crippen molar-refractivity contribution in [3.05, 3.63) is 23.7 Å². The minimum absolute atomic E-state index is 0.876. The summed E-state index contributed by atoms with van der Waals surface area (Å²) < 4.78 is 5.65. The lowest BCUT2D eigenvalue weighted by molar-refractivity contribution is 0.0892. The van der Waals surface area contributed by atoms with Gasteiger partial charge in [-0.3, -0.25) is 9.80 Å². The van der Waals surface area contributed by atoms with Gasteiger partial charge in [-0.2, -0.15) is 0 Å². The number of piperazine rings is 1. The molecule has 1 N–H and O–H groups in total.